The molecule has 4 nitrogen and oxygen atoms in total. The Kier molecular flexibility index (Phi) is 3.39. The minimum absolute atomic E-state index is 0.975. The fourth-order valence-electron chi connectivity index (χ4n) is 2.40. The highest BCUT2D eigenvalue weighted by atomic mass is 15.2. The number of nitrogens with one attached hydrogen (secondary N) is 2. The molecule has 1 aromatic heterocycles. The van der Waals surface area contributed by atoms with Gasteiger partial charge in [-0.25, -0.2) is 0 Å². The van der Waals surface area contributed by atoms with Crippen LogP contribution in [0.4, 0.5) is 0 Å². The van der Waals surface area contributed by atoms with Crippen LogP contribution in [0.5, 0.6) is 0 Å². The van der Waals surface area contributed by atoms with Gasteiger partial charge < -0.3 is 5.32 Å². The topological polar surface area (TPSA) is 44.0 Å². The molecule has 18 heavy (non-hydrogen) atoms. The van der Waals surface area contributed by atoms with Gasteiger partial charge in [-0.05, 0) is 5.56 Å². The van der Waals surface area contributed by atoms with Crippen molar-refractivity contribution in [2.24, 2.45) is 0 Å². The Morgan fingerprint density at radius 1 is 1.11 bits per heavy atom. The lowest BCUT2D eigenvalue weighted by molar-refractivity contribution is 0.233. The number of aromatic nitrogens is 2. The summed E-state index contributed by atoms with van der Waals surface area (Å²) in [7, 11) is 0. The van der Waals surface area contributed by atoms with Crippen LogP contribution in [0.15, 0.2) is 36.5 Å². The summed E-state index contributed by atoms with van der Waals surface area (Å²) in [5.74, 6) is 0. The molecule has 1 saturated heterocycles. The highest BCUT2D eigenvalue weighted by Gasteiger charge is 2.14. The first-order valence-corrected chi connectivity index (χ1v) is 6.44. The Hall–Kier alpha value is -1.65. The molecule has 0 bridgehead atoms. The molecule has 94 valence electrons. The molecule has 0 atom stereocenters. The van der Waals surface area contributed by atoms with Crippen molar-refractivity contribution in [1.82, 2.24) is 20.4 Å². The maximum atomic E-state index is 4.20. The lowest BCUT2D eigenvalue weighted by Gasteiger charge is -2.27. The normalized spacial score (nSPS) is 16.9. The fourth-order valence-corrected chi connectivity index (χ4v) is 2.40. The molecule has 2 heterocycles. The first kappa shape index (κ1) is 11.4. The summed E-state index contributed by atoms with van der Waals surface area (Å²) in [5.41, 5.74) is 3.64. The van der Waals surface area contributed by atoms with E-state index in [0.717, 1.165) is 38.4 Å². The second kappa shape index (κ2) is 5.33. The van der Waals surface area contributed by atoms with E-state index in [2.05, 4.69) is 44.7 Å². The Bertz CT molecular complexity index is 486. The van der Waals surface area contributed by atoms with E-state index in [0.29, 0.717) is 0 Å². The fraction of sp³-hybridized carbons (Fsp3) is 0.357. The van der Waals surface area contributed by atoms with Gasteiger partial charge in [-0.1, -0.05) is 30.3 Å². The van der Waals surface area contributed by atoms with Crippen molar-refractivity contribution in [1.29, 1.82) is 0 Å². The molecule has 4 heteroatoms. The summed E-state index contributed by atoms with van der Waals surface area (Å²) in [6.07, 6.45) is 1.95. The third-order valence-corrected chi connectivity index (χ3v) is 3.38. The standard InChI is InChI=1S/C14H18N4/c1-2-4-12(5-3-1)14-13(10-16-17-14)11-18-8-6-15-7-9-18/h1-5,10,15H,6-9,11H2,(H,16,17). The van der Waals surface area contributed by atoms with Crippen LogP contribution in [-0.2, 0) is 6.54 Å². The summed E-state index contributed by atoms with van der Waals surface area (Å²) in [5, 5.41) is 10.7. The third-order valence-electron chi connectivity index (χ3n) is 3.38. The average molecular weight is 242 g/mol. The van der Waals surface area contributed by atoms with E-state index in [-0.39, 0.29) is 0 Å². The molecule has 1 aliphatic heterocycles. The number of piperazine rings is 1. The highest BCUT2D eigenvalue weighted by Crippen LogP contribution is 2.21. The van der Waals surface area contributed by atoms with Gasteiger partial charge in [0.15, 0.2) is 0 Å². The molecule has 0 spiro atoms. The molecule has 0 radical (unpaired) electrons. The molecule has 2 aromatic rings. The molecule has 0 unspecified atom stereocenters. The van der Waals surface area contributed by atoms with E-state index in [1.54, 1.807) is 0 Å². The number of rotatable bonds is 3. The van der Waals surface area contributed by atoms with E-state index in [1.807, 2.05) is 12.3 Å². The lowest BCUT2D eigenvalue weighted by Crippen LogP contribution is -2.42. The highest BCUT2D eigenvalue weighted by molar-refractivity contribution is 5.62. The van der Waals surface area contributed by atoms with Gasteiger partial charge in [0.1, 0.15) is 0 Å². The van der Waals surface area contributed by atoms with Gasteiger partial charge in [0.25, 0.3) is 0 Å². The monoisotopic (exact) mass is 242 g/mol. The van der Waals surface area contributed by atoms with Gasteiger partial charge in [-0.15, -0.1) is 0 Å². The largest absolute Gasteiger partial charge is 0.314 e. The maximum Gasteiger partial charge on any atom is 0.0695 e. The van der Waals surface area contributed by atoms with Crippen molar-refractivity contribution >= 4 is 0 Å². The number of hydrogen-bond acceptors (Lipinski definition) is 3. The van der Waals surface area contributed by atoms with Crippen molar-refractivity contribution < 1.29 is 0 Å². The third kappa shape index (κ3) is 2.44. The predicted octanol–water partition coefficient (Wildman–Crippen LogP) is 1.48. The van der Waals surface area contributed by atoms with Crippen LogP contribution in [-0.4, -0.2) is 41.3 Å². The van der Waals surface area contributed by atoms with E-state index < -0.39 is 0 Å². The van der Waals surface area contributed by atoms with Gasteiger partial charge >= 0.3 is 0 Å². The first-order valence-electron chi connectivity index (χ1n) is 6.44. The number of nitrogens with zero attached hydrogens (tertiary/aromatic N) is 2. The Balaban J connectivity index is 1.79. The zero-order valence-corrected chi connectivity index (χ0v) is 10.4. The number of aromatic amines is 1. The van der Waals surface area contributed by atoms with Gasteiger partial charge in [0.05, 0.1) is 11.9 Å². The molecule has 0 aliphatic carbocycles. The van der Waals surface area contributed by atoms with Gasteiger partial charge in [-0.3, -0.25) is 10.00 Å². The molecule has 1 aliphatic rings. The molecule has 1 fully saturated rings. The Morgan fingerprint density at radius 2 is 1.89 bits per heavy atom. The number of benzene rings is 1. The molecule has 0 saturated carbocycles. The van der Waals surface area contributed by atoms with Crippen LogP contribution >= 0.6 is 0 Å². The van der Waals surface area contributed by atoms with Crippen molar-refractivity contribution in [2.45, 2.75) is 6.54 Å². The van der Waals surface area contributed by atoms with Crippen molar-refractivity contribution in [3.8, 4) is 11.3 Å². The van der Waals surface area contributed by atoms with Crippen molar-refractivity contribution in [2.75, 3.05) is 26.2 Å². The minimum Gasteiger partial charge on any atom is -0.314 e. The van der Waals surface area contributed by atoms with Crippen molar-refractivity contribution in [3.63, 3.8) is 0 Å². The van der Waals surface area contributed by atoms with E-state index in [1.165, 1.54) is 11.1 Å². The van der Waals surface area contributed by atoms with Crippen LogP contribution in [0.3, 0.4) is 0 Å². The minimum atomic E-state index is 0.975. The first-order chi connectivity index (χ1) is 8.93. The predicted molar refractivity (Wildman–Crippen MR) is 72.2 cm³/mol. The maximum absolute atomic E-state index is 4.20. The van der Waals surface area contributed by atoms with Crippen LogP contribution in [0, 0.1) is 0 Å². The van der Waals surface area contributed by atoms with Crippen LogP contribution in [0.25, 0.3) is 11.3 Å². The summed E-state index contributed by atoms with van der Waals surface area (Å²) < 4.78 is 0. The van der Waals surface area contributed by atoms with Crippen LogP contribution < -0.4 is 5.32 Å². The number of H-pyrrole nitrogens is 1. The summed E-state index contributed by atoms with van der Waals surface area (Å²) in [4.78, 5) is 2.47. The van der Waals surface area contributed by atoms with E-state index in [9.17, 15) is 0 Å². The van der Waals surface area contributed by atoms with Crippen LogP contribution in [0.1, 0.15) is 5.56 Å². The van der Waals surface area contributed by atoms with E-state index in [4.69, 9.17) is 0 Å². The molecule has 3 rings (SSSR count). The zero-order chi connectivity index (χ0) is 12.2. The van der Waals surface area contributed by atoms with Crippen LogP contribution in [0.2, 0.25) is 0 Å². The van der Waals surface area contributed by atoms with Gasteiger partial charge in [-0.2, -0.15) is 5.10 Å². The van der Waals surface area contributed by atoms with Gasteiger partial charge in [0.2, 0.25) is 0 Å². The molecule has 1 aromatic carbocycles. The molecule has 0 amide bonds. The molecular formula is C14H18N4. The lowest BCUT2D eigenvalue weighted by atomic mass is 10.1. The summed E-state index contributed by atoms with van der Waals surface area (Å²) in [6.45, 7) is 5.36. The van der Waals surface area contributed by atoms with E-state index >= 15 is 0 Å². The zero-order valence-electron chi connectivity index (χ0n) is 10.4. The summed E-state index contributed by atoms with van der Waals surface area (Å²) >= 11 is 0. The average Bonchev–Trinajstić information content (AvgIpc) is 2.89. The smallest absolute Gasteiger partial charge is 0.0695 e. The second-order valence-corrected chi connectivity index (χ2v) is 4.66. The number of hydrogen-bond donors (Lipinski definition) is 2. The quantitative estimate of drug-likeness (QED) is 0.857. The Morgan fingerprint density at radius 3 is 2.67 bits per heavy atom. The van der Waals surface area contributed by atoms with Gasteiger partial charge in [0, 0.05) is 38.3 Å². The molecule has 2 N–H and O–H groups in total. The van der Waals surface area contributed by atoms with Crippen molar-refractivity contribution in [3.05, 3.63) is 42.1 Å². The SMILES string of the molecule is c1ccc(-c2[nH]ncc2CN2CCNCC2)cc1. The Labute approximate surface area is 107 Å². The second-order valence-electron chi connectivity index (χ2n) is 4.66. The molecular weight excluding hydrogens is 224 g/mol. The summed E-state index contributed by atoms with van der Waals surface area (Å²) in [6, 6.07) is 10.4.